The number of hydrogen-bond donors (Lipinski definition) is 2. The predicted molar refractivity (Wildman–Crippen MR) is 99.2 cm³/mol. The molecule has 3 atom stereocenters. The third-order valence-corrected chi connectivity index (χ3v) is 4.75. The van der Waals surface area contributed by atoms with Crippen molar-refractivity contribution in [2.45, 2.75) is 71.2 Å². The number of aliphatic hydroxyl groups is 2. The SMILES string of the molecule is C/C(=C\CCc1ccoc1)C[C@H](O)C[C@H](C)CCCC1=CC(=O)OC1O. The van der Waals surface area contributed by atoms with Crippen molar-refractivity contribution in [1.82, 2.24) is 0 Å². The van der Waals surface area contributed by atoms with Gasteiger partial charge >= 0.3 is 5.97 Å². The zero-order valence-corrected chi connectivity index (χ0v) is 15.7. The van der Waals surface area contributed by atoms with Gasteiger partial charge in [-0.05, 0) is 63.0 Å². The van der Waals surface area contributed by atoms with Crippen LogP contribution in [0.15, 0.2) is 46.3 Å². The van der Waals surface area contributed by atoms with Crippen molar-refractivity contribution < 1.29 is 24.2 Å². The van der Waals surface area contributed by atoms with Gasteiger partial charge in [0.05, 0.1) is 18.6 Å². The first-order chi connectivity index (χ1) is 12.4. The second kappa shape index (κ2) is 10.3. The first-order valence-corrected chi connectivity index (χ1v) is 9.38. The lowest BCUT2D eigenvalue weighted by molar-refractivity contribution is -0.151. The van der Waals surface area contributed by atoms with Crippen LogP contribution >= 0.6 is 0 Å². The van der Waals surface area contributed by atoms with Crippen LogP contribution in [-0.2, 0) is 16.0 Å². The molecule has 0 radical (unpaired) electrons. The number of carbonyl (C=O) groups is 1. The van der Waals surface area contributed by atoms with E-state index in [4.69, 9.17) is 4.42 Å². The summed E-state index contributed by atoms with van der Waals surface area (Å²) in [6, 6.07) is 1.97. The van der Waals surface area contributed by atoms with Crippen molar-refractivity contribution in [3.63, 3.8) is 0 Å². The van der Waals surface area contributed by atoms with Crippen LogP contribution in [0.2, 0.25) is 0 Å². The molecule has 5 heteroatoms. The average Bonchev–Trinajstić information content (AvgIpc) is 3.17. The standard InChI is InChI=1S/C21H30O5/c1-15(5-3-7-17-9-10-25-14-17)11-19(22)12-16(2)6-4-8-18-13-20(23)26-21(18)24/h5,9-10,13-14,16,19,21-22,24H,3-4,6-8,11-12H2,1-2H3/b15-5+/t16-,19+,21?/m1/s1. The molecule has 0 bridgehead atoms. The normalized spacial score (nSPS) is 20.0. The third kappa shape index (κ3) is 7.18. The minimum Gasteiger partial charge on any atom is -0.472 e. The molecular formula is C21H30O5. The Kier molecular flexibility index (Phi) is 8.13. The molecule has 0 saturated carbocycles. The molecule has 0 aliphatic carbocycles. The van der Waals surface area contributed by atoms with Gasteiger partial charge in [0.1, 0.15) is 0 Å². The first kappa shape index (κ1) is 20.5. The molecule has 0 spiro atoms. The zero-order chi connectivity index (χ0) is 18.9. The number of furan rings is 1. The molecule has 1 aromatic heterocycles. The fourth-order valence-electron chi connectivity index (χ4n) is 3.33. The summed E-state index contributed by atoms with van der Waals surface area (Å²) in [6.45, 7) is 4.19. The average molecular weight is 362 g/mol. The van der Waals surface area contributed by atoms with Crippen molar-refractivity contribution in [3.05, 3.63) is 47.5 Å². The Bertz CT molecular complexity index is 614. The maximum atomic E-state index is 11.0. The van der Waals surface area contributed by atoms with Crippen molar-refractivity contribution >= 4 is 5.97 Å². The van der Waals surface area contributed by atoms with E-state index in [2.05, 4.69) is 24.7 Å². The van der Waals surface area contributed by atoms with E-state index in [-0.39, 0.29) is 6.10 Å². The molecule has 1 aliphatic heterocycles. The molecule has 0 amide bonds. The summed E-state index contributed by atoms with van der Waals surface area (Å²) in [4.78, 5) is 11.0. The molecule has 0 saturated heterocycles. The number of esters is 1. The third-order valence-electron chi connectivity index (χ3n) is 4.75. The highest BCUT2D eigenvalue weighted by Gasteiger charge is 2.23. The Balaban J connectivity index is 1.60. The van der Waals surface area contributed by atoms with Crippen molar-refractivity contribution in [1.29, 1.82) is 0 Å². The minimum atomic E-state index is -1.07. The molecule has 5 nitrogen and oxygen atoms in total. The summed E-state index contributed by atoms with van der Waals surface area (Å²) in [5.41, 5.74) is 3.06. The van der Waals surface area contributed by atoms with Gasteiger partial charge in [0.15, 0.2) is 0 Å². The van der Waals surface area contributed by atoms with Crippen LogP contribution in [0, 0.1) is 5.92 Å². The summed E-state index contributed by atoms with van der Waals surface area (Å²) in [7, 11) is 0. The van der Waals surface area contributed by atoms with Gasteiger partial charge in [-0.25, -0.2) is 4.79 Å². The number of carbonyl (C=O) groups excluding carboxylic acids is 1. The highest BCUT2D eigenvalue weighted by molar-refractivity contribution is 5.85. The highest BCUT2D eigenvalue weighted by atomic mass is 16.6. The summed E-state index contributed by atoms with van der Waals surface area (Å²) in [5.74, 6) is -0.0782. The summed E-state index contributed by atoms with van der Waals surface area (Å²) in [5, 5.41) is 19.8. The molecule has 2 heterocycles. The summed E-state index contributed by atoms with van der Waals surface area (Å²) < 4.78 is 9.72. The second-order valence-corrected chi connectivity index (χ2v) is 7.32. The Hall–Kier alpha value is -1.85. The van der Waals surface area contributed by atoms with Crippen LogP contribution in [0.3, 0.4) is 0 Å². The van der Waals surface area contributed by atoms with Gasteiger partial charge in [-0.15, -0.1) is 0 Å². The van der Waals surface area contributed by atoms with Crippen molar-refractivity contribution in [3.8, 4) is 0 Å². The van der Waals surface area contributed by atoms with Gasteiger partial charge in [-0.2, -0.15) is 0 Å². The molecule has 2 N–H and O–H groups in total. The molecule has 1 aromatic rings. The second-order valence-electron chi connectivity index (χ2n) is 7.32. The van der Waals surface area contributed by atoms with Crippen LogP contribution in [0.1, 0.15) is 57.9 Å². The largest absolute Gasteiger partial charge is 0.472 e. The summed E-state index contributed by atoms with van der Waals surface area (Å²) in [6.07, 6.45) is 11.4. The topological polar surface area (TPSA) is 79.9 Å². The van der Waals surface area contributed by atoms with E-state index < -0.39 is 12.3 Å². The van der Waals surface area contributed by atoms with Gasteiger partial charge in [0, 0.05) is 11.6 Å². The lowest BCUT2D eigenvalue weighted by Gasteiger charge is -2.17. The van der Waals surface area contributed by atoms with Crippen LogP contribution < -0.4 is 0 Å². The van der Waals surface area contributed by atoms with E-state index in [1.54, 1.807) is 12.5 Å². The predicted octanol–water partition coefficient (Wildman–Crippen LogP) is 3.91. The van der Waals surface area contributed by atoms with Gasteiger partial charge in [-0.3, -0.25) is 0 Å². The monoisotopic (exact) mass is 362 g/mol. The Morgan fingerprint density at radius 3 is 2.85 bits per heavy atom. The quantitative estimate of drug-likeness (QED) is 0.461. The first-order valence-electron chi connectivity index (χ1n) is 9.38. The minimum absolute atomic E-state index is 0.337. The smallest absolute Gasteiger partial charge is 0.333 e. The van der Waals surface area contributed by atoms with E-state index in [9.17, 15) is 15.0 Å². The van der Waals surface area contributed by atoms with Crippen LogP contribution in [0.5, 0.6) is 0 Å². The van der Waals surface area contributed by atoms with E-state index in [1.165, 1.54) is 17.2 Å². The lowest BCUT2D eigenvalue weighted by atomic mass is 9.93. The molecule has 1 aliphatic rings. The van der Waals surface area contributed by atoms with Crippen LogP contribution in [0.4, 0.5) is 0 Å². The summed E-state index contributed by atoms with van der Waals surface area (Å²) >= 11 is 0. The van der Waals surface area contributed by atoms with Crippen molar-refractivity contribution in [2.24, 2.45) is 5.92 Å². The Morgan fingerprint density at radius 1 is 1.38 bits per heavy atom. The van der Waals surface area contributed by atoms with E-state index in [1.807, 2.05) is 6.07 Å². The number of ether oxygens (including phenoxy) is 1. The molecular weight excluding hydrogens is 332 g/mol. The Morgan fingerprint density at radius 2 is 2.19 bits per heavy atom. The van der Waals surface area contributed by atoms with Crippen LogP contribution in [0.25, 0.3) is 0 Å². The Labute approximate surface area is 155 Å². The number of hydrogen-bond acceptors (Lipinski definition) is 5. The fourth-order valence-corrected chi connectivity index (χ4v) is 3.33. The van der Waals surface area contributed by atoms with Gasteiger partial charge in [-0.1, -0.05) is 25.0 Å². The maximum Gasteiger partial charge on any atom is 0.333 e. The number of cyclic esters (lactones) is 1. The van der Waals surface area contributed by atoms with Crippen LogP contribution in [-0.4, -0.2) is 28.6 Å². The fraction of sp³-hybridized carbons (Fsp3) is 0.571. The number of aryl methyl sites for hydroxylation is 1. The number of allylic oxidation sites excluding steroid dienone is 1. The highest BCUT2D eigenvalue weighted by Crippen LogP contribution is 2.23. The zero-order valence-electron chi connectivity index (χ0n) is 15.7. The van der Waals surface area contributed by atoms with Gasteiger partial charge in [0.2, 0.25) is 6.29 Å². The van der Waals surface area contributed by atoms with Crippen molar-refractivity contribution in [2.75, 3.05) is 0 Å². The molecule has 26 heavy (non-hydrogen) atoms. The molecule has 1 unspecified atom stereocenters. The van der Waals surface area contributed by atoms with Gasteiger partial charge < -0.3 is 19.4 Å². The molecule has 2 rings (SSSR count). The lowest BCUT2D eigenvalue weighted by Crippen LogP contribution is -2.13. The molecule has 0 fully saturated rings. The number of rotatable bonds is 11. The molecule has 144 valence electrons. The van der Waals surface area contributed by atoms with E-state index >= 15 is 0 Å². The molecule has 0 aromatic carbocycles. The van der Waals surface area contributed by atoms with E-state index in [0.717, 1.165) is 32.1 Å². The number of aliphatic hydroxyl groups excluding tert-OH is 2. The van der Waals surface area contributed by atoms with Gasteiger partial charge in [0.25, 0.3) is 0 Å². The van der Waals surface area contributed by atoms with E-state index in [0.29, 0.717) is 24.3 Å². The maximum absolute atomic E-state index is 11.0.